The maximum atomic E-state index is 10.9. The van der Waals surface area contributed by atoms with Gasteiger partial charge in [0.15, 0.2) is 23.1 Å². The summed E-state index contributed by atoms with van der Waals surface area (Å²) in [5, 5.41) is 0. The predicted octanol–water partition coefficient (Wildman–Crippen LogP) is 6.55. The second-order valence-electron chi connectivity index (χ2n) is 10.2. The van der Waals surface area contributed by atoms with Gasteiger partial charge in [0.1, 0.15) is 0 Å². The zero-order valence-electron chi connectivity index (χ0n) is 26.7. The number of ketones is 4. The average Bonchev–Trinajstić information content (AvgIpc) is 2.98. The molecular formula is C34H50O8. The Balaban J connectivity index is 0.000000549. The molecule has 1 aliphatic rings. The summed E-state index contributed by atoms with van der Waals surface area (Å²) in [5.74, 6) is 1.62. The molecule has 0 atom stereocenters. The summed E-state index contributed by atoms with van der Waals surface area (Å²) in [6.07, 6.45) is 5.29. The van der Waals surface area contributed by atoms with Gasteiger partial charge in [-0.2, -0.15) is 0 Å². The lowest BCUT2D eigenvalue weighted by atomic mass is 9.83. The molecule has 234 valence electrons. The molecule has 0 radical (unpaired) electrons. The Morgan fingerprint density at radius 1 is 0.524 bits per heavy atom. The Bertz CT molecular complexity index is 973. The molecule has 0 aromatic heterocycles. The molecule has 1 aliphatic carbocycles. The van der Waals surface area contributed by atoms with Crippen LogP contribution in [0.3, 0.4) is 0 Å². The van der Waals surface area contributed by atoms with Crippen LogP contribution >= 0.6 is 0 Å². The summed E-state index contributed by atoms with van der Waals surface area (Å²) < 4.78 is 19.6. The molecule has 0 aliphatic heterocycles. The highest BCUT2D eigenvalue weighted by atomic mass is 16.5. The molecule has 3 rings (SSSR count). The molecule has 0 saturated heterocycles. The smallest absolute Gasteiger partial charge is 0.159 e. The fourth-order valence-electron chi connectivity index (χ4n) is 4.10. The zero-order chi connectivity index (χ0) is 31.9. The monoisotopic (exact) mass is 586 g/mol. The lowest BCUT2D eigenvalue weighted by Gasteiger charge is -2.27. The first-order chi connectivity index (χ1) is 20.0. The van der Waals surface area contributed by atoms with Crippen molar-refractivity contribution in [1.82, 2.24) is 0 Å². The fourth-order valence-corrected chi connectivity index (χ4v) is 4.10. The number of hydrogen-bond acceptors (Lipinski definition) is 8. The maximum absolute atomic E-state index is 10.9. The van der Waals surface area contributed by atoms with E-state index in [2.05, 4.69) is 9.47 Å². The summed E-state index contributed by atoms with van der Waals surface area (Å²) in [6.45, 7) is 9.25. The van der Waals surface area contributed by atoms with Crippen LogP contribution in [0.4, 0.5) is 0 Å². The molecule has 0 heterocycles. The van der Waals surface area contributed by atoms with E-state index in [4.69, 9.17) is 9.47 Å². The standard InChI is InChI=1S/C10H20O2.2C10H10O2.C4H10O2/c1-11-7-9-3-5-10(6-4-9)8-12-2;1-7(11)9-3-5-10(6-4-9)8(2)12;1-7(11)9-4-3-5-10(6-9)8(2)12;1-5-3-4-6-2/h9-10H,3-8H2,1-2H3;2*3-6H,1-2H3;3-4H2,1-2H3. The summed E-state index contributed by atoms with van der Waals surface area (Å²) in [5.41, 5.74) is 2.45. The van der Waals surface area contributed by atoms with Crippen LogP contribution in [0.5, 0.6) is 0 Å². The Hall–Kier alpha value is -3.04. The van der Waals surface area contributed by atoms with Gasteiger partial charge in [-0.15, -0.1) is 0 Å². The second-order valence-corrected chi connectivity index (χ2v) is 10.2. The fraction of sp³-hybridized carbons (Fsp3) is 0.529. The molecule has 2 aromatic carbocycles. The van der Waals surface area contributed by atoms with Gasteiger partial charge >= 0.3 is 0 Å². The van der Waals surface area contributed by atoms with Crippen LogP contribution in [-0.4, -0.2) is 78.0 Å². The molecule has 0 N–H and O–H groups in total. The average molecular weight is 587 g/mol. The van der Waals surface area contributed by atoms with Crippen molar-refractivity contribution in [2.24, 2.45) is 11.8 Å². The lowest BCUT2D eigenvalue weighted by Crippen LogP contribution is -2.20. The maximum Gasteiger partial charge on any atom is 0.159 e. The number of ether oxygens (including phenoxy) is 4. The predicted molar refractivity (Wildman–Crippen MR) is 166 cm³/mol. The Morgan fingerprint density at radius 3 is 1.07 bits per heavy atom. The summed E-state index contributed by atoms with van der Waals surface area (Å²) >= 11 is 0. The quantitative estimate of drug-likeness (QED) is 0.216. The van der Waals surface area contributed by atoms with E-state index in [0.29, 0.717) is 35.5 Å². The molecular weight excluding hydrogens is 536 g/mol. The van der Waals surface area contributed by atoms with E-state index in [-0.39, 0.29) is 23.1 Å². The zero-order valence-corrected chi connectivity index (χ0v) is 26.7. The van der Waals surface area contributed by atoms with Gasteiger partial charge in [-0.25, -0.2) is 0 Å². The molecule has 1 saturated carbocycles. The van der Waals surface area contributed by atoms with E-state index in [0.717, 1.165) is 25.0 Å². The third-order valence-corrected chi connectivity index (χ3v) is 6.64. The van der Waals surface area contributed by atoms with Gasteiger partial charge < -0.3 is 18.9 Å². The molecule has 0 unspecified atom stereocenters. The van der Waals surface area contributed by atoms with Gasteiger partial charge in [-0.1, -0.05) is 42.5 Å². The molecule has 8 nitrogen and oxygen atoms in total. The van der Waals surface area contributed by atoms with E-state index in [1.807, 2.05) is 0 Å². The van der Waals surface area contributed by atoms with Crippen molar-refractivity contribution >= 4 is 23.1 Å². The topological polar surface area (TPSA) is 105 Å². The van der Waals surface area contributed by atoms with E-state index < -0.39 is 0 Å². The van der Waals surface area contributed by atoms with Gasteiger partial charge in [0, 0.05) is 63.9 Å². The van der Waals surface area contributed by atoms with E-state index in [1.54, 1.807) is 77.0 Å². The first-order valence-electron chi connectivity index (χ1n) is 14.2. The number of benzene rings is 2. The van der Waals surface area contributed by atoms with Gasteiger partial charge in [-0.05, 0) is 71.3 Å². The lowest BCUT2D eigenvalue weighted by molar-refractivity contribution is 0.0862. The highest BCUT2D eigenvalue weighted by Crippen LogP contribution is 2.28. The SMILES string of the molecule is CC(=O)c1ccc(C(C)=O)cc1.CC(=O)c1cccc(C(C)=O)c1.COCC1CCC(COC)CC1.COCCOC. The van der Waals surface area contributed by atoms with Crippen LogP contribution in [-0.2, 0) is 18.9 Å². The van der Waals surface area contributed by atoms with E-state index >= 15 is 0 Å². The number of Topliss-reactive ketones (excluding diaryl/α,β-unsaturated/α-hetero) is 4. The van der Waals surface area contributed by atoms with Crippen LogP contribution in [0.15, 0.2) is 48.5 Å². The normalized spacial score (nSPS) is 15.4. The van der Waals surface area contributed by atoms with E-state index in [9.17, 15) is 19.2 Å². The summed E-state index contributed by atoms with van der Waals surface area (Å²) in [7, 11) is 6.89. The first kappa shape index (κ1) is 39.0. The Morgan fingerprint density at radius 2 is 0.833 bits per heavy atom. The van der Waals surface area contributed by atoms with Crippen LogP contribution < -0.4 is 0 Å². The van der Waals surface area contributed by atoms with Crippen LogP contribution in [0.2, 0.25) is 0 Å². The molecule has 0 spiro atoms. The number of methoxy groups -OCH3 is 4. The number of carbonyl (C=O) groups is 4. The van der Waals surface area contributed by atoms with Crippen molar-refractivity contribution in [3.63, 3.8) is 0 Å². The van der Waals surface area contributed by atoms with Gasteiger partial charge in [0.05, 0.1) is 13.2 Å². The molecule has 42 heavy (non-hydrogen) atoms. The summed E-state index contributed by atoms with van der Waals surface area (Å²) in [4.78, 5) is 43.5. The van der Waals surface area contributed by atoms with Gasteiger partial charge in [-0.3, -0.25) is 19.2 Å². The molecule has 1 fully saturated rings. The van der Waals surface area contributed by atoms with Crippen LogP contribution in [0.1, 0.15) is 94.8 Å². The van der Waals surface area contributed by atoms with E-state index in [1.165, 1.54) is 53.4 Å². The largest absolute Gasteiger partial charge is 0.384 e. The van der Waals surface area contributed by atoms with Crippen molar-refractivity contribution in [3.8, 4) is 0 Å². The van der Waals surface area contributed by atoms with Crippen molar-refractivity contribution in [1.29, 1.82) is 0 Å². The van der Waals surface area contributed by atoms with Crippen LogP contribution in [0, 0.1) is 11.8 Å². The minimum Gasteiger partial charge on any atom is -0.384 e. The Kier molecular flexibility index (Phi) is 21.8. The Labute approximate surface area is 252 Å². The molecule has 0 bridgehead atoms. The number of hydrogen-bond donors (Lipinski definition) is 0. The number of carbonyl (C=O) groups excluding carboxylic acids is 4. The third-order valence-electron chi connectivity index (χ3n) is 6.64. The molecule has 2 aromatic rings. The molecule has 8 heteroatoms. The molecule has 0 amide bonds. The van der Waals surface area contributed by atoms with Crippen LogP contribution in [0.25, 0.3) is 0 Å². The van der Waals surface area contributed by atoms with Gasteiger partial charge in [0.25, 0.3) is 0 Å². The second kappa shape index (κ2) is 23.5. The third kappa shape index (κ3) is 17.7. The minimum absolute atomic E-state index is 0.0156. The minimum atomic E-state index is -0.0156. The van der Waals surface area contributed by atoms with Crippen molar-refractivity contribution in [2.75, 3.05) is 54.9 Å². The first-order valence-corrected chi connectivity index (χ1v) is 14.2. The number of rotatable bonds is 11. The van der Waals surface area contributed by atoms with Crippen molar-refractivity contribution in [3.05, 3.63) is 70.8 Å². The highest BCUT2D eigenvalue weighted by molar-refractivity contribution is 5.99. The van der Waals surface area contributed by atoms with Crippen molar-refractivity contribution < 1.29 is 38.1 Å². The highest BCUT2D eigenvalue weighted by Gasteiger charge is 2.20. The van der Waals surface area contributed by atoms with Gasteiger partial charge in [0.2, 0.25) is 0 Å². The summed E-state index contributed by atoms with van der Waals surface area (Å²) in [6, 6.07) is 13.4. The van der Waals surface area contributed by atoms with Crippen molar-refractivity contribution in [2.45, 2.75) is 53.4 Å².